The Morgan fingerprint density at radius 3 is 2.68 bits per heavy atom. The Hall–Kier alpha value is -2.75. The van der Waals surface area contributed by atoms with E-state index in [0.717, 1.165) is 47.4 Å². The van der Waals surface area contributed by atoms with Gasteiger partial charge >= 0.3 is 0 Å². The molecule has 1 aromatic carbocycles. The van der Waals surface area contributed by atoms with Gasteiger partial charge in [-0.05, 0) is 31.2 Å². The summed E-state index contributed by atoms with van der Waals surface area (Å²) < 4.78 is 9.00. The van der Waals surface area contributed by atoms with Crippen LogP contribution in [-0.2, 0) is 4.74 Å². The Bertz CT molecular complexity index is 1090. The van der Waals surface area contributed by atoms with Crippen molar-refractivity contribution in [2.24, 2.45) is 0 Å². The maximum Gasteiger partial charge on any atom is 0.141 e. The minimum absolute atomic E-state index is 0.508. The van der Waals surface area contributed by atoms with Crippen molar-refractivity contribution in [2.45, 2.75) is 13.0 Å². The monoisotopic (exact) mass is 396 g/mol. The molecule has 5 rings (SSSR count). The van der Waals surface area contributed by atoms with Gasteiger partial charge in [-0.25, -0.2) is 9.67 Å². The van der Waals surface area contributed by atoms with Crippen LogP contribution in [0, 0.1) is 6.92 Å². The highest BCUT2D eigenvalue weighted by molar-refractivity contribution is 7.17. The van der Waals surface area contributed by atoms with Crippen LogP contribution in [0.1, 0.15) is 22.4 Å². The Morgan fingerprint density at radius 1 is 1.14 bits per heavy atom. The number of aryl methyl sites for hydroxylation is 1. The van der Waals surface area contributed by atoms with Crippen molar-refractivity contribution in [3.05, 3.63) is 59.3 Å². The van der Waals surface area contributed by atoms with Gasteiger partial charge in [0.05, 0.1) is 37.0 Å². The highest BCUT2D eigenvalue weighted by atomic mass is 32.1. The average Bonchev–Trinajstić information content (AvgIpc) is 3.44. The molecule has 0 radical (unpaired) electrons. The van der Waals surface area contributed by atoms with E-state index < -0.39 is 6.10 Å². The van der Waals surface area contributed by atoms with Gasteiger partial charge in [0.25, 0.3) is 0 Å². The summed E-state index contributed by atoms with van der Waals surface area (Å²) in [5.74, 6) is 0. The summed E-state index contributed by atoms with van der Waals surface area (Å²) in [5, 5.41) is 19.3. The van der Waals surface area contributed by atoms with E-state index in [1.54, 1.807) is 34.7 Å². The SMILES string of the molecule is Cc1sc2cncn2c1C(O)c1cn(-c2ccc(N3CCOCC3)cc2)nn1. The number of nitrogens with zero attached hydrogens (tertiary/aromatic N) is 6. The molecular formula is C19H20N6O2S. The minimum atomic E-state index is -0.857. The van der Waals surface area contributed by atoms with Crippen molar-refractivity contribution in [1.29, 1.82) is 0 Å². The first-order valence-electron chi connectivity index (χ1n) is 9.15. The van der Waals surface area contributed by atoms with Crippen LogP contribution >= 0.6 is 11.3 Å². The van der Waals surface area contributed by atoms with Crippen molar-refractivity contribution in [2.75, 3.05) is 31.2 Å². The van der Waals surface area contributed by atoms with E-state index in [1.807, 2.05) is 23.5 Å². The summed E-state index contributed by atoms with van der Waals surface area (Å²) in [7, 11) is 0. The fourth-order valence-electron chi connectivity index (χ4n) is 3.55. The van der Waals surface area contributed by atoms with E-state index in [-0.39, 0.29) is 0 Å². The standard InChI is InChI=1S/C19H20N6O2S/c1-13-18(24-12-20-10-17(24)28-13)19(26)16-11-25(22-21-16)15-4-2-14(3-5-15)23-6-8-27-9-7-23/h2-5,10-12,19,26H,6-9H2,1H3. The van der Waals surface area contributed by atoms with Crippen LogP contribution in [0.15, 0.2) is 43.0 Å². The van der Waals surface area contributed by atoms with Crippen LogP contribution in [0.4, 0.5) is 5.69 Å². The van der Waals surface area contributed by atoms with Gasteiger partial charge in [-0.3, -0.25) is 4.40 Å². The lowest BCUT2D eigenvalue weighted by Gasteiger charge is -2.28. The largest absolute Gasteiger partial charge is 0.380 e. The molecule has 1 saturated heterocycles. The van der Waals surface area contributed by atoms with E-state index in [1.165, 1.54) is 5.69 Å². The normalized spacial score (nSPS) is 16.0. The fraction of sp³-hybridized carbons (Fsp3) is 0.316. The maximum absolute atomic E-state index is 10.9. The predicted octanol–water partition coefficient (Wildman–Crippen LogP) is 2.20. The summed E-state index contributed by atoms with van der Waals surface area (Å²) in [6, 6.07) is 8.19. The molecule has 0 saturated carbocycles. The molecule has 8 nitrogen and oxygen atoms in total. The molecule has 3 aromatic heterocycles. The van der Waals surface area contributed by atoms with Crippen molar-refractivity contribution in [3.63, 3.8) is 0 Å². The van der Waals surface area contributed by atoms with Crippen LogP contribution < -0.4 is 4.90 Å². The summed E-state index contributed by atoms with van der Waals surface area (Å²) in [6.45, 7) is 5.32. The lowest BCUT2D eigenvalue weighted by Crippen LogP contribution is -2.36. The van der Waals surface area contributed by atoms with Gasteiger partial charge in [0.15, 0.2) is 0 Å². The molecule has 9 heteroatoms. The van der Waals surface area contributed by atoms with Gasteiger partial charge in [-0.2, -0.15) is 0 Å². The third kappa shape index (κ3) is 2.97. The van der Waals surface area contributed by atoms with E-state index in [9.17, 15) is 5.11 Å². The number of aliphatic hydroxyl groups excluding tert-OH is 1. The van der Waals surface area contributed by atoms with Crippen molar-refractivity contribution < 1.29 is 9.84 Å². The molecule has 144 valence electrons. The van der Waals surface area contributed by atoms with Crippen LogP contribution in [0.25, 0.3) is 10.5 Å². The van der Waals surface area contributed by atoms with Gasteiger partial charge < -0.3 is 14.7 Å². The highest BCUT2D eigenvalue weighted by Gasteiger charge is 2.22. The first-order chi connectivity index (χ1) is 13.7. The highest BCUT2D eigenvalue weighted by Crippen LogP contribution is 2.30. The Morgan fingerprint density at radius 2 is 1.89 bits per heavy atom. The van der Waals surface area contributed by atoms with Crippen LogP contribution in [0.2, 0.25) is 0 Å². The predicted molar refractivity (Wildman–Crippen MR) is 106 cm³/mol. The Labute approximate surface area is 165 Å². The zero-order valence-electron chi connectivity index (χ0n) is 15.4. The molecule has 4 heterocycles. The second-order valence-electron chi connectivity index (χ2n) is 6.75. The number of thiazole rings is 1. The van der Waals surface area contributed by atoms with Crippen molar-refractivity contribution in [1.82, 2.24) is 24.4 Å². The first-order valence-corrected chi connectivity index (χ1v) is 9.97. The number of anilines is 1. The van der Waals surface area contributed by atoms with Crippen molar-refractivity contribution >= 4 is 21.9 Å². The summed E-state index contributed by atoms with van der Waals surface area (Å²) >= 11 is 1.60. The molecule has 1 aliphatic heterocycles. The average molecular weight is 396 g/mol. The third-order valence-corrected chi connectivity index (χ3v) is 6.05. The number of hydrogen-bond acceptors (Lipinski definition) is 7. The maximum atomic E-state index is 10.9. The molecule has 1 aliphatic rings. The molecule has 4 aromatic rings. The van der Waals surface area contributed by atoms with Gasteiger partial charge in [-0.15, -0.1) is 16.4 Å². The number of imidazole rings is 1. The lowest BCUT2D eigenvalue weighted by molar-refractivity contribution is 0.122. The number of aliphatic hydroxyl groups is 1. The number of fused-ring (bicyclic) bond motifs is 1. The fourth-order valence-corrected chi connectivity index (χ4v) is 4.53. The van der Waals surface area contributed by atoms with E-state index >= 15 is 0 Å². The van der Waals surface area contributed by atoms with Crippen LogP contribution in [0.5, 0.6) is 0 Å². The molecule has 1 N–H and O–H groups in total. The molecular weight excluding hydrogens is 376 g/mol. The first kappa shape index (κ1) is 17.4. The number of benzene rings is 1. The quantitative estimate of drug-likeness (QED) is 0.570. The molecule has 1 atom stereocenters. The summed E-state index contributed by atoms with van der Waals surface area (Å²) in [6.07, 6.45) is 4.42. The van der Waals surface area contributed by atoms with Gasteiger partial charge in [-0.1, -0.05) is 5.21 Å². The second kappa shape index (κ2) is 7.01. The Balaban J connectivity index is 1.40. The molecule has 28 heavy (non-hydrogen) atoms. The topological polar surface area (TPSA) is 80.7 Å². The summed E-state index contributed by atoms with van der Waals surface area (Å²) in [4.78, 5) is 8.49. The van der Waals surface area contributed by atoms with Gasteiger partial charge in [0.2, 0.25) is 0 Å². The van der Waals surface area contributed by atoms with Gasteiger partial charge in [0.1, 0.15) is 23.0 Å². The second-order valence-corrected chi connectivity index (χ2v) is 7.99. The van der Waals surface area contributed by atoms with E-state index in [0.29, 0.717) is 5.69 Å². The molecule has 1 fully saturated rings. The van der Waals surface area contributed by atoms with E-state index in [4.69, 9.17) is 4.74 Å². The number of rotatable bonds is 4. The molecule has 1 unspecified atom stereocenters. The van der Waals surface area contributed by atoms with Crippen molar-refractivity contribution in [3.8, 4) is 5.69 Å². The zero-order valence-corrected chi connectivity index (χ0v) is 16.2. The van der Waals surface area contributed by atoms with E-state index in [2.05, 4.69) is 32.3 Å². The van der Waals surface area contributed by atoms with Crippen LogP contribution in [-0.4, -0.2) is 55.8 Å². The molecule has 0 amide bonds. The molecule has 0 spiro atoms. The lowest BCUT2D eigenvalue weighted by atomic mass is 10.2. The smallest absolute Gasteiger partial charge is 0.141 e. The number of ether oxygens (including phenoxy) is 1. The third-order valence-electron chi connectivity index (χ3n) is 5.02. The summed E-state index contributed by atoms with van der Waals surface area (Å²) in [5.41, 5.74) is 3.36. The zero-order chi connectivity index (χ0) is 19.1. The number of hydrogen-bond donors (Lipinski definition) is 1. The minimum Gasteiger partial charge on any atom is -0.380 e. The molecule has 0 aliphatic carbocycles. The van der Waals surface area contributed by atoms with Crippen LogP contribution in [0.3, 0.4) is 0 Å². The molecule has 0 bridgehead atoms. The number of aromatic nitrogens is 5. The Kier molecular flexibility index (Phi) is 4.34. The number of morpholine rings is 1. The van der Waals surface area contributed by atoms with Gasteiger partial charge in [0, 0.05) is 23.7 Å².